The molecule has 2 aromatic carbocycles. The van der Waals surface area contributed by atoms with E-state index in [-0.39, 0.29) is 12.3 Å². The van der Waals surface area contributed by atoms with Crippen LogP contribution in [0.3, 0.4) is 0 Å². The standard InChI is InChI=1S/C18H17F2NO4/c1-3-11-4-6-12(7-5-11)25-10-17(22)21-16-8-13(18(23)24-2)14(19)9-15(16)20/h4-9H,3,10H2,1-2H3,(H,21,22). The van der Waals surface area contributed by atoms with Crippen molar-refractivity contribution < 1.29 is 27.8 Å². The number of esters is 1. The summed E-state index contributed by atoms with van der Waals surface area (Å²) in [6.07, 6.45) is 0.882. The Morgan fingerprint density at radius 2 is 1.76 bits per heavy atom. The first-order valence-electron chi connectivity index (χ1n) is 7.53. The van der Waals surface area contributed by atoms with Crippen molar-refractivity contribution in [2.75, 3.05) is 19.0 Å². The van der Waals surface area contributed by atoms with Crippen LogP contribution < -0.4 is 10.1 Å². The number of hydrogen-bond donors (Lipinski definition) is 1. The van der Waals surface area contributed by atoms with Gasteiger partial charge in [0.15, 0.2) is 6.61 Å². The molecule has 0 bridgehead atoms. The van der Waals surface area contributed by atoms with E-state index in [1.807, 2.05) is 19.1 Å². The number of rotatable bonds is 6. The fourth-order valence-corrected chi connectivity index (χ4v) is 2.07. The van der Waals surface area contributed by atoms with Gasteiger partial charge >= 0.3 is 5.97 Å². The van der Waals surface area contributed by atoms with E-state index in [4.69, 9.17) is 4.74 Å². The lowest BCUT2D eigenvalue weighted by Gasteiger charge is -2.10. The summed E-state index contributed by atoms with van der Waals surface area (Å²) in [5, 5.41) is 2.24. The fourth-order valence-electron chi connectivity index (χ4n) is 2.07. The zero-order chi connectivity index (χ0) is 18.4. The van der Waals surface area contributed by atoms with Crippen LogP contribution in [0.25, 0.3) is 0 Å². The Balaban J connectivity index is 2.03. The molecule has 0 aliphatic carbocycles. The third-order valence-electron chi connectivity index (χ3n) is 3.44. The molecular weight excluding hydrogens is 332 g/mol. The Hall–Kier alpha value is -2.96. The molecule has 132 valence electrons. The quantitative estimate of drug-likeness (QED) is 0.813. The topological polar surface area (TPSA) is 64.6 Å². The van der Waals surface area contributed by atoms with Crippen molar-refractivity contribution in [2.24, 2.45) is 0 Å². The van der Waals surface area contributed by atoms with Crippen LogP contribution in [0.2, 0.25) is 0 Å². The lowest BCUT2D eigenvalue weighted by molar-refractivity contribution is -0.118. The van der Waals surface area contributed by atoms with Crippen molar-refractivity contribution in [3.8, 4) is 5.75 Å². The van der Waals surface area contributed by atoms with E-state index in [1.165, 1.54) is 0 Å². The third-order valence-corrected chi connectivity index (χ3v) is 3.44. The Kier molecular flexibility index (Phi) is 6.05. The normalized spacial score (nSPS) is 10.2. The monoisotopic (exact) mass is 349 g/mol. The predicted molar refractivity (Wildman–Crippen MR) is 87.6 cm³/mol. The van der Waals surface area contributed by atoms with Crippen LogP contribution >= 0.6 is 0 Å². The van der Waals surface area contributed by atoms with Crippen LogP contribution in [-0.2, 0) is 16.0 Å². The minimum absolute atomic E-state index is 0.336. The first-order chi connectivity index (χ1) is 11.9. The van der Waals surface area contributed by atoms with Crippen molar-refractivity contribution in [3.63, 3.8) is 0 Å². The second kappa shape index (κ2) is 8.23. The van der Waals surface area contributed by atoms with Gasteiger partial charge in [0, 0.05) is 6.07 Å². The molecule has 0 unspecified atom stereocenters. The fraction of sp³-hybridized carbons (Fsp3) is 0.222. The number of carbonyl (C=O) groups excluding carboxylic acids is 2. The summed E-state index contributed by atoms with van der Waals surface area (Å²) in [7, 11) is 1.07. The van der Waals surface area contributed by atoms with Gasteiger partial charge in [-0.3, -0.25) is 4.79 Å². The summed E-state index contributed by atoms with van der Waals surface area (Å²) in [5.74, 6) is -3.22. The molecule has 0 spiro atoms. The van der Waals surface area contributed by atoms with Gasteiger partial charge in [-0.05, 0) is 30.2 Å². The lowest BCUT2D eigenvalue weighted by Crippen LogP contribution is -2.21. The van der Waals surface area contributed by atoms with Crippen LogP contribution in [0.1, 0.15) is 22.8 Å². The van der Waals surface area contributed by atoms with Crippen LogP contribution in [0, 0.1) is 11.6 Å². The number of methoxy groups -OCH3 is 1. The van der Waals surface area contributed by atoms with Crippen LogP contribution in [0.15, 0.2) is 36.4 Å². The summed E-state index contributed by atoms with van der Waals surface area (Å²) in [5.41, 5.74) is 0.313. The maximum Gasteiger partial charge on any atom is 0.340 e. The molecule has 0 aliphatic rings. The second-order valence-electron chi connectivity index (χ2n) is 5.14. The van der Waals surface area contributed by atoms with Crippen molar-refractivity contribution in [1.82, 2.24) is 0 Å². The number of nitrogens with one attached hydrogen (secondary N) is 1. The number of anilines is 1. The van der Waals surface area contributed by atoms with Crippen LogP contribution in [0.4, 0.5) is 14.5 Å². The average molecular weight is 349 g/mol. The van der Waals surface area contributed by atoms with E-state index in [0.29, 0.717) is 11.8 Å². The van der Waals surface area contributed by atoms with Crippen molar-refractivity contribution in [1.29, 1.82) is 0 Å². The molecule has 0 aliphatic heterocycles. The molecule has 0 heterocycles. The molecule has 5 nitrogen and oxygen atoms in total. The van der Waals surface area contributed by atoms with Crippen molar-refractivity contribution in [2.45, 2.75) is 13.3 Å². The van der Waals surface area contributed by atoms with Gasteiger partial charge in [-0.1, -0.05) is 19.1 Å². The van der Waals surface area contributed by atoms with Crippen molar-refractivity contribution in [3.05, 3.63) is 59.2 Å². The van der Waals surface area contributed by atoms with Gasteiger partial charge in [0.2, 0.25) is 0 Å². The third kappa shape index (κ3) is 4.76. The highest BCUT2D eigenvalue weighted by Gasteiger charge is 2.18. The summed E-state index contributed by atoms with van der Waals surface area (Å²) in [6, 6.07) is 8.57. The molecule has 0 aromatic heterocycles. The van der Waals surface area contributed by atoms with E-state index < -0.39 is 29.1 Å². The SMILES string of the molecule is CCc1ccc(OCC(=O)Nc2cc(C(=O)OC)c(F)cc2F)cc1. The minimum atomic E-state index is -1.07. The maximum absolute atomic E-state index is 13.8. The second-order valence-corrected chi connectivity index (χ2v) is 5.14. The van der Waals surface area contributed by atoms with Gasteiger partial charge in [-0.25, -0.2) is 13.6 Å². The molecule has 2 rings (SSSR count). The Morgan fingerprint density at radius 1 is 1.08 bits per heavy atom. The highest BCUT2D eigenvalue weighted by molar-refractivity contribution is 5.95. The molecular formula is C18H17F2NO4. The average Bonchev–Trinajstić information content (AvgIpc) is 2.62. The van der Waals surface area contributed by atoms with Gasteiger partial charge in [0.05, 0.1) is 18.4 Å². The molecule has 1 amide bonds. The molecule has 0 saturated carbocycles. The number of carbonyl (C=O) groups is 2. The summed E-state index contributed by atoms with van der Waals surface area (Å²) in [4.78, 5) is 23.3. The number of halogens is 2. The first-order valence-corrected chi connectivity index (χ1v) is 7.53. The molecule has 25 heavy (non-hydrogen) atoms. The van der Waals surface area contributed by atoms with E-state index in [9.17, 15) is 18.4 Å². The Bertz CT molecular complexity index is 775. The van der Waals surface area contributed by atoms with Crippen molar-refractivity contribution >= 4 is 17.6 Å². The largest absolute Gasteiger partial charge is 0.484 e. The highest BCUT2D eigenvalue weighted by Crippen LogP contribution is 2.20. The minimum Gasteiger partial charge on any atom is -0.484 e. The van der Waals surface area contributed by atoms with E-state index in [1.54, 1.807) is 12.1 Å². The zero-order valence-electron chi connectivity index (χ0n) is 13.8. The Morgan fingerprint density at radius 3 is 2.36 bits per heavy atom. The van der Waals surface area contributed by atoms with E-state index >= 15 is 0 Å². The molecule has 0 atom stereocenters. The maximum atomic E-state index is 13.8. The van der Waals surface area contributed by atoms with Gasteiger partial charge < -0.3 is 14.8 Å². The molecule has 7 heteroatoms. The van der Waals surface area contributed by atoms with Crippen LogP contribution in [-0.4, -0.2) is 25.6 Å². The molecule has 0 radical (unpaired) electrons. The number of hydrogen-bond acceptors (Lipinski definition) is 4. The number of aryl methyl sites for hydroxylation is 1. The smallest absolute Gasteiger partial charge is 0.340 e. The van der Waals surface area contributed by atoms with Gasteiger partial charge in [0.25, 0.3) is 5.91 Å². The Labute approximate surface area is 143 Å². The molecule has 0 fully saturated rings. The van der Waals surface area contributed by atoms with Gasteiger partial charge in [-0.2, -0.15) is 0 Å². The summed E-state index contributed by atoms with van der Waals surface area (Å²) >= 11 is 0. The number of benzene rings is 2. The summed E-state index contributed by atoms with van der Waals surface area (Å²) < 4.78 is 37.0. The van der Waals surface area contributed by atoms with Crippen LogP contribution in [0.5, 0.6) is 5.75 Å². The molecule has 0 saturated heterocycles. The molecule has 1 N–H and O–H groups in total. The first kappa shape index (κ1) is 18.4. The van der Waals surface area contributed by atoms with E-state index in [2.05, 4.69) is 10.1 Å². The number of ether oxygens (including phenoxy) is 2. The van der Waals surface area contributed by atoms with Gasteiger partial charge in [-0.15, -0.1) is 0 Å². The van der Waals surface area contributed by atoms with Gasteiger partial charge in [0.1, 0.15) is 17.4 Å². The highest BCUT2D eigenvalue weighted by atomic mass is 19.1. The van der Waals surface area contributed by atoms with E-state index in [0.717, 1.165) is 25.2 Å². The lowest BCUT2D eigenvalue weighted by atomic mass is 10.1. The predicted octanol–water partition coefficient (Wildman–Crippen LogP) is 3.33. The number of amides is 1. The summed E-state index contributed by atoms with van der Waals surface area (Å²) in [6.45, 7) is 1.65. The zero-order valence-corrected chi connectivity index (χ0v) is 13.8. The molecule has 2 aromatic rings.